The van der Waals surface area contributed by atoms with Gasteiger partial charge in [0.1, 0.15) is 0 Å². The summed E-state index contributed by atoms with van der Waals surface area (Å²) < 4.78 is 0. The Morgan fingerprint density at radius 3 is 0.750 bits per heavy atom. The summed E-state index contributed by atoms with van der Waals surface area (Å²) in [5, 5.41) is 0. The van der Waals surface area contributed by atoms with Crippen LogP contribution in [-0.4, -0.2) is 0 Å². The van der Waals surface area contributed by atoms with Crippen molar-refractivity contribution in [3.05, 3.63) is 0 Å². The van der Waals surface area contributed by atoms with Gasteiger partial charge in [-0.2, -0.15) is 0 Å². The van der Waals surface area contributed by atoms with E-state index in [1.54, 1.807) is 0 Å². The Balaban J connectivity index is 0. The molecule has 0 saturated carbocycles. The average Bonchev–Trinajstić information content (AvgIpc) is 0. The van der Waals surface area contributed by atoms with Crippen molar-refractivity contribution in [2.45, 2.75) is 0 Å². The molecule has 4 heavy (non-hydrogen) atoms. The van der Waals surface area contributed by atoms with Gasteiger partial charge >= 0.3 is 103 Å². The fourth-order valence-corrected chi connectivity index (χ4v) is 0. The maximum atomic E-state index is 0. The molecule has 0 aliphatic heterocycles. The molecule has 16 valence electrons. The van der Waals surface area contributed by atoms with Gasteiger partial charge in [-0.05, 0) is 0 Å². The zero-order valence-corrected chi connectivity index (χ0v) is 9.76. The number of rotatable bonds is 0. The van der Waals surface area contributed by atoms with Crippen molar-refractivity contribution < 1.29 is 120 Å². The van der Waals surface area contributed by atoms with E-state index >= 15 is 0 Å². The first-order valence-corrected chi connectivity index (χ1v) is 0. The third kappa shape index (κ3) is 9.09. The molecule has 0 fully saturated rings. The van der Waals surface area contributed by atoms with Crippen LogP contribution in [0.2, 0.25) is 0 Å². The SMILES string of the molecule is [Cl-].[F-].[K+].[K+]. The summed E-state index contributed by atoms with van der Waals surface area (Å²) in [5.41, 5.74) is 0. The normalized spacial score (nSPS) is 0. The van der Waals surface area contributed by atoms with Crippen LogP contribution in [0.4, 0.5) is 0 Å². The van der Waals surface area contributed by atoms with Gasteiger partial charge in [0.2, 0.25) is 0 Å². The Labute approximate surface area is 116 Å². The van der Waals surface area contributed by atoms with Gasteiger partial charge in [-0.1, -0.05) is 0 Å². The molecule has 0 unspecified atom stereocenters. The van der Waals surface area contributed by atoms with Gasteiger partial charge in [-0.25, -0.2) is 0 Å². The molecule has 0 aliphatic rings. The van der Waals surface area contributed by atoms with Crippen LogP contribution in [0.3, 0.4) is 0 Å². The van der Waals surface area contributed by atoms with E-state index in [0.29, 0.717) is 0 Å². The maximum Gasteiger partial charge on any atom is 1.00 e. The first-order chi connectivity index (χ1) is 0. The predicted octanol–water partition coefficient (Wildman–Crippen LogP) is -12.0. The van der Waals surface area contributed by atoms with Crippen LogP contribution in [0, 0.1) is 0 Å². The van der Waals surface area contributed by atoms with Gasteiger partial charge < -0.3 is 17.1 Å². The Kier molecular flexibility index (Phi) is 104. The van der Waals surface area contributed by atoms with Crippen molar-refractivity contribution in [3.63, 3.8) is 0 Å². The first kappa shape index (κ1) is 25.9. The predicted molar refractivity (Wildman–Crippen MR) is 0 cm³/mol. The zero-order valence-electron chi connectivity index (χ0n) is 2.76. The monoisotopic (exact) mass is 132 g/mol. The fourth-order valence-electron chi connectivity index (χ4n) is 0. The second-order valence-corrected chi connectivity index (χ2v) is 0. The van der Waals surface area contributed by atoms with Crippen LogP contribution >= 0.6 is 0 Å². The Hall–Kier alpha value is 3.49. The molecule has 0 radical (unpaired) electrons. The van der Waals surface area contributed by atoms with Crippen molar-refractivity contribution in [3.8, 4) is 0 Å². The van der Waals surface area contributed by atoms with E-state index < -0.39 is 0 Å². The van der Waals surface area contributed by atoms with E-state index in [9.17, 15) is 0 Å². The molecule has 4 heteroatoms. The summed E-state index contributed by atoms with van der Waals surface area (Å²) in [6, 6.07) is 0. The second kappa shape index (κ2) is 16.1. The standard InChI is InChI=1S/ClH.FH.2K/h2*1H;;/q;;2*+1/p-2. The maximum absolute atomic E-state index is 0. The van der Waals surface area contributed by atoms with Gasteiger partial charge in [0, 0.05) is 0 Å². The van der Waals surface area contributed by atoms with Gasteiger partial charge in [0.15, 0.2) is 0 Å². The molecule has 0 aromatic heterocycles. The van der Waals surface area contributed by atoms with Crippen molar-refractivity contribution >= 4 is 0 Å². The minimum Gasteiger partial charge on any atom is -1.00 e. The molecule has 0 bridgehead atoms. The number of halogens is 2. The molecule has 0 saturated heterocycles. The molecule has 0 spiro atoms. The molecule has 0 aromatic rings. The zero-order chi connectivity index (χ0) is 0. The van der Waals surface area contributed by atoms with Crippen LogP contribution < -0.4 is 120 Å². The Morgan fingerprint density at radius 2 is 0.750 bits per heavy atom. The number of hydrogen-bond acceptors (Lipinski definition) is 0. The largest absolute Gasteiger partial charge is 1.00 e. The van der Waals surface area contributed by atoms with E-state index in [2.05, 4.69) is 0 Å². The quantitative estimate of drug-likeness (QED) is 0.287. The van der Waals surface area contributed by atoms with Crippen LogP contribution in [0.5, 0.6) is 0 Å². The first-order valence-electron chi connectivity index (χ1n) is 0. The van der Waals surface area contributed by atoms with E-state index in [-0.39, 0.29) is 120 Å². The third-order valence-electron chi connectivity index (χ3n) is 0. The molecule has 0 N–H and O–H groups in total. The molecule has 0 nitrogen and oxygen atoms in total. The second-order valence-electron chi connectivity index (χ2n) is 0. The minimum atomic E-state index is 0. The van der Waals surface area contributed by atoms with Crippen molar-refractivity contribution in [1.29, 1.82) is 0 Å². The summed E-state index contributed by atoms with van der Waals surface area (Å²) >= 11 is 0. The summed E-state index contributed by atoms with van der Waals surface area (Å²) in [7, 11) is 0. The summed E-state index contributed by atoms with van der Waals surface area (Å²) in [6.45, 7) is 0. The Bertz CT molecular complexity index is 6.00. The molecule has 0 aromatic carbocycles. The van der Waals surface area contributed by atoms with Gasteiger partial charge in [0.25, 0.3) is 0 Å². The topological polar surface area (TPSA) is 0 Å². The van der Waals surface area contributed by atoms with Crippen molar-refractivity contribution in [2.24, 2.45) is 0 Å². The third-order valence-corrected chi connectivity index (χ3v) is 0. The average molecular weight is 133 g/mol. The number of hydrogen-bond donors (Lipinski definition) is 0. The summed E-state index contributed by atoms with van der Waals surface area (Å²) in [4.78, 5) is 0. The fraction of sp³-hybridized carbons (Fsp3) is 0. The Morgan fingerprint density at radius 1 is 0.750 bits per heavy atom. The van der Waals surface area contributed by atoms with E-state index in [4.69, 9.17) is 0 Å². The van der Waals surface area contributed by atoms with Crippen LogP contribution in [-0.2, 0) is 0 Å². The molecule has 0 heterocycles. The van der Waals surface area contributed by atoms with Crippen LogP contribution in [0.1, 0.15) is 0 Å². The van der Waals surface area contributed by atoms with E-state index in [1.807, 2.05) is 0 Å². The smallest absolute Gasteiger partial charge is 1.00 e. The molecule has 0 amide bonds. The van der Waals surface area contributed by atoms with E-state index in [1.165, 1.54) is 0 Å². The van der Waals surface area contributed by atoms with Gasteiger partial charge in [-0.3, -0.25) is 0 Å². The summed E-state index contributed by atoms with van der Waals surface area (Å²) in [5.74, 6) is 0. The summed E-state index contributed by atoms with van der Waals surface area (Å²) in [6.07, 6.45) is 0. The molecular formula is ClFK2. The molecule has 0 atom stereocenters. The minimum absolute atomic E-state index is 0. The van der Waals surface area contributed by atoms with Crippen molar-refractivity contribution in [2.75, 3.05) is 0 Å². The van der Waals surface area contributed by atoms with Crippen LogP contribution in [0.25, 0.3) is 0 Å². The van der Waals surface area contributed by atoms with Gasteiger partial charge in [-0.15, -0.1) is 0 Å². The van der Waals surface area contributed by atoms with Crippen LogP contribution in [0.15, 0.2) is 0 Å². The molecular weight excluding hydrogens is 133 g/mol. The van der Waals surface area contributed by atoms with E-state index in [0.717, 1.165) is 0 Å². The van der Waals surface area contributed by atoms with Crippen molar-refractivity contribution in [1.82, 2.24) is 0 Å². The molecule has 0 rings (SSSR count). The van der Waals surface area contributed by atoms with Gasteiger partial charge in [0.05, 0.1) is 0 Å². The molecule has 0 aliphatic carbocycles.